The van der Waals surface area contributed by atoms with E-state index in [-0.39, 0.29) is 6.61 Å². The fourth-order valence-corrected chi connectivity index (χ4v) is 5.42. The molecule has 1 aliphatic rings. The Kier molecular flexibility index (Phi) is 7.52. The summed E-state index contributed by atoms with van der Waals surface area (Å²) in [7, 11) is 1.66. The van der Waals surface area contributed by atoms with Gasteiger partial charge in [0.15, 0.2) is 5.76 Å². The first kappa shape index (κ1) is 24.7. The Bertz CT molecular complexity index is 1290. The highest BCUT2D eigenvalue weighted by atomic mass is 32.1. The van der Waals surface area contributed by atoms with Crippen molar-refractivity contribution in [1.29, 1.82) is 0 Å². The fourth-order valence-electron chi connectivity index (χ4n) is 4.61. The molecule has 9 heteroatoms. The monoisotopic (exact) mass is 508 g/mol. The molecule has 4 aromatic rings. The molecule has 0 spiro atoms. The molecule has 5 rings (SSSR count). The van der Waals surface area contributed by atoms with Crippen molar-refractivity contribution >= 4 is 21.6 Å². The number of benzene rings is 2. The summed E-state index contributed by atoms with van der Waals surface area (Å²) in [6.07, 6.45) is -0.557. The SMILES string of the molecule is COc1ccc(-c2cc(CN3CCN(C[C@H](O)COc4ccc5sc(C)nc5c4)C[C@@H]3C)on2)cc1. The first-order valence-corrected chi connectivity index (χ1v) is 13.0. The molecule has 190 valence electrons. The number of rotatable bonds is 9. The number of thiazole rings is 1. The zero-order chi connectivity index (χ0) is 25.1. The molecule has 1 aliphatic heterocycles. The normalized spacial score (nSPS) is 17.9. The summed E-state index contributed by atoms with van der Waals surface area (Å²) in [6.45, 7) is 8.42. The van der Waals surface area contributed by atoms with Gasteiger partial charge >= 0.3 is 0 Å². The molecule has 36 heavy (non-hydrogen) atoms. The minimum absolute atomic E-state index is 0.259. The van der Waals surface area contributed by atoms with Crippen molar-refractivity contribution in [1.82, 2.24) is 19.9 Å². The molecule has 0 amide bonds. The van der Waals surface area contributed by atoms with Gasteiger partial charge in [-0.15, -0.1) is 11.3 Å². The van der Waals surface area contributed by atoms with Crippen molar-refractivity contribution in [3.05, 3.63) is 59.3 Å². The minimum atomic E-state index is -0.557. The molecular weight excluding hydrogens is 476 g/mol. The van der Waals surface area contributed by atoms with E-state index in [2.05, 4.69) is 26.9 Å². The van der Waals surface area contributed by atoms with E-state index in [0.717, 1.165) is 63.4 Å². The van der Waals surface area contributed by atoms with Gasteiger partial charge in [0.25, 0.3) is 0 Å². The van der Waals surface area contributed by atoms with E-state index < -0.39 is 6.10 Å². The number of hydrogen-bond donors (Lipinski definition) is 1. The van der Waals surface area contributed by atoms with Crippen LogP contribution in [-0.4, -0.2) is 77.1 Å². The lowest BCUT2D eigenvalue weighted by Gasteiger charge is -2.40. The third kappa shape index (κ3) is 5.87. The zero-order valence-electron chi connectivity index (χ0n) is 20.9. The van der Waals surface area contributed by atoms with E-state index in [0.29, 0.717) is 19.1 Å². The topological polar surface area (TPSA) is 84.1 Å². The summed E-state index contributed by atoms with van der Waals surface area (Å²) in [6, 6.07) is 16.0. The van der Waals surface area contributed by atoms with Crippen LogP contribution in [0.2, 0.25) is 0 Å². The smallest absolute Gasteiger partial charge is 0.151 e. The molecule has 0 saturated carbocycles. The maximum atomic E-state index is 10.6. The maximum Gasteiger partial charge on any atom is 0.151 e. The molecule has 3 heterocycles. The third-order valence-corrected chi connectivity index (χ3v) is 7.48. The Hall–Kier alpha value is -2.98. The Morgan fingerprint density at radius 3 is 2.72 bits per heavy atom. The summed E-state index contributed by atoms with van der Waals surface area (Å²) < 4.78 is 17.9. The summed E-state index contributed by atoms with van der Waals surface area (Å²) >= 11 is 1.67. The van der Waals surface area contributed by atoms with E-state index >= 15 is 0 Å². The predicted octanol–water partition coefficient (Wildman–Crippen LogP) is 4.21. The van der Waals surface area contributed by atoms with E-state index in [1.807, 2.05) is 55.5 Å². The number of nitrogens with zero attached hydrogens (tertiary/aromatic N) is 4. The lowest BCUT2D eigenvalue weighted by molar-refractivity contribution is 0.0231. The van der Waals surface area contributed by atoms with Crippen molar-refractivity contribution in [3.8, 4) is 22.8 Å². The lowest BCUT2D eigenvalue weighted by atomic mass is 10.1. The standard InChI is InChI=1S/C27H32N4O4S/c1-18-14-30(15-21(32)17-34-23-8-9-27-26(12-23)28-19(2)36-27)10-11-31(18)16-24-13-25(29-35-24)20-4-6-22(33-3)7-5-20/h4-9,12-13,18,21,32H,10-11,14-17H2,1-3H3/t18-,21-/m0/s1. The third-order valence-electron chi connectivity index (χ3n) is 6.53. The van der Waals surface area contributed by atoms with E-state index in [1.54, 1.807) is 18.4 Å². The van der Waals surface area contributed by atoms with Crippen LogP contribution in [0.25, 0.3) is 21.5 Å². The molecule has 2 aromatic carbocycles. The molecule has 0 unspecified atom stereocenters. The molecule has 2 atom stereocenters. The van der Waals surface area contributed by atoms with Crippen LogP contribution in [0.3, 0.4) is 0 Å². The van der Waals surface area contributed by atoms with Crippen LogP contribution in [0.4, 0.5) is 0 Å². The first-order chi connectivity index (χ1) is 17.5. The van der Waals surface area contributed by atoms with Crippen molar-refractivity contribution in [2.45, 2.75) is 32.5 Å². The summed E-state index contributed by atoms with van der Waals surface area (Å²) in [4.78, 5) is 9.20. The van der Waals surface area contributed by atoms with Gasteiger partial charge in [0.1, 0.15) is 29.9 Å². The average Bonchev–Trinajstić information content (AvgIpc) is 3.49. The minimum Gasteiger partial charge on any atom is -0.497 e. The quantitative estimate of drug-likeness (QED) is 0.360. The number of aliphatic hydroxyl groups excluding tert-OH is 1. The maximum absolute atomic E-state index is 10.6. The highest BCUT2D eigenvalue weighted by Gasteiger charge is 2.26. The number of aromatic nitrogens is 2. The number of piperazine rings is 1. The molecule has 0 aliphatic carbocycles. The molecule has 1 N–H and O–H groups in total. The molecule has 8 nitrogen and oxygen atoms in total. The van der Waals surface area contributed by atoms with Crippen molar-refractivity contribution in [3.63, 3.8) is 0 Å². The van der Waals surface area contributed by atoms with Gasteiger partial charge in [0, 0.05) is 49.9 Å². The summed E-state index contributed by atoms with van der Waals surface area (Å²) in [5.74, 6) is 2.41. The highest BCUT2D eigenvalue weighted by Crippen LogP contribution is 2.26. The molecule has 1 fully saturated rings. The molecule has 1 saturated heterocycles. The second-order valence-corrected chi connectivity index (χ2v) is 10.5. The Labute approximate surface area is 215 Å². The first-order valence-electron chi connectivity index (χ1n) is 12.2. The van der Waals surface area contributed by atoms with Crippen molar-refractivity contribution in [2.24, 2.45) is 0 Å². The number of β-amino-alcohol motifs (C(OH)–C–C–N with tert-alkyl or cyclic N) is 1. The number of methoxy groups -OCH3 is 1. The van der Waals surface area contributed by atoms with Crippen LogP contribution < -0.4 is 9.47 Å². The molecule has 2 aromatic heterocycles. The second-order valence-electron chi connectivity index (χ2n) is 9.31. The molecule has 0 radical (unpaired) electrons. The lowest BCUT2D eigenvalue weighted by Crippen LogP contribution is -2.53. The van der Waals surface area contributed by atoms with Gasteiger partial charge in [-0.05, 0) is 50.2 Å². The zero-order valence-corrected chi connectivity index (χ0v) is 21.7. The van der Waals surface area contributed by atoms with Crippen LogP contribution in [0, 0.1) is 6.92 Å². The Balaban J connectivity index is 1.08. The van der Waals surface area contributed by atoms with Crippen LogP contribution >= 0.6 is 11.3 Å². The average molecular weight is 509 g/mol. The van der Waals surface area contributed by atoms with Crippen LogP contribution in [-0.2, 0) is 6.54 Å². The van der Waals surface area contributed by atoms with Crippen molar-refractivity contribution in [2.75, 3.05) is 39.9 Å². The second kappa shape index (κ2) is 11.0. The predicted molar refractivity (Wildman–Crippen MR) is 141 cm³/mol. The number of aryl methyl sites for hydroxylation is 1. The Morgan fingerprint density at radius 1 is 1.14 bits per heavy atom. The van der Waals surface area contributed by atoms with Crippen molar-refractivity contribution < 1.29 is 19.1 Å². The summed E-state index contributed by atoms with van der Waals surface area (Å²) in [5.41, 5.74) is 2.77. The van der Waals surface area contributed by atoms with E-state index in [9.17, 15) is 5.11 Å². The largest absolute Gasteiger partial charge is 0.497 e. The molecule has 0 bridgehead atoms. The van der Waals surface area contributed by atoms with Crippen LogP contribution in [0.5, 0.6) is 11.5 Å². The van der Waals surface area contributed by atoms with Gasteiger partial charge < -0.3 is 19.1 Å². The summed E-state index contributed by atoms with van der Waals surface area (Å²) in [5, 5.41) is 15.9. The van der Waals surface area contributed by atoms with E-state index in [4.69, 9.17) is 14.0 Å². The van der Waals surface area contributed by atoms with Crippen LogP contribution in [0.1, 0.15) is 17.7 Å². The fraction of sp³-hybridized carbons (Fsp3) is 0.407. The van der Waals surface area contributed by atoms with E-state index in [1.165, 1.54) is 0 Å². The van der Waals surface area contributed by atoms with Gasteiger partial charge in [0.2, 0.25) is 0 Å². The van der Waals surface area contributed by atoms with Gasteiger partial charge in [-0.25, -0.2) is 4.98 Å². The van der Waals surface area contributed by atoms with Crippen LogP contribution in [0.15, 0.2) is 53.1 Å². The number of fused-ring (bicyclic) bond motifs is 1. The number of hydrogen-bond acceptors (Lipinski definition) is 9. The Morgan fingerprint density at radius 2 is 1.94 bits per heavy atom. The molecular formula is C27H32N4O4S. The highest BCUT2D eigenvalue weighted by molar-refractivity contribution is 7.18. The van der Waals surface area contributed by atoms with Gasteiger partial charge in [-0.3, -0.25) is 9.80 Å². The number of ether oxygens (including phenoxy) is 2. The van der Waals surface area contributed by atoms with Gasteiger partial charge in [-0.2, -0.15) is 0 Å². The van der Waals surface area contributed by atoms with Gasteiger partial charge in [0.05, 0.1) is 28.9 Å². The van der Waals surface area contributed by atoms with Gasteiger partial charge in [-0.1, -0.05) is 5.16 Å². The number of aliphatic hydroxyl groups is 1.